The number of benzene rings is 1. The van der Waals surface area contributed by atoms with Gasteiger partial charge in [-0.3, -0.25) is 0 Å². The first-order valence-electron chi connectivity index (χ1n) is 7.16. The average molecular weight is 273 g/mol. The Balaban J connectivity index is 2.22. The molecule has 0 saturated carbocycles. The van der Waals surface area contributed by atoms with Crippen molar-refractivity contribution >= 4 is 5.69 Å². The van der Waals surface area contributed by atoms with E-state index in [4.69, 9.17) is 5.26 Å². The number of aliphatic hydroxyl groups is 1. The molecule has 0 amide bonds. The normalized spacial score (nSPS) is 18.1. The van der Waals surface area contributed by atoms with Gasteiger partial charge < -0.3 is 14.9 Å². The summed E-state index contributed by atoms with van der Waals surface area (Å²) in [6, 6.07) is 8.36. The van der Waals surface area contributed by atoms with E-state index < -0.39 is 6.10 Å². The van der Waals surface area contributed by atoms with Crippen molar-refractivity contribution in [2.75, 3.05) is 32.1 Å². The van der Waals surface area contributed by atoms with E-state index in [0.717, 1.165) is 37.2 Å². The molecule has 0 radical (unpaired) electrons. The van der Waals surface area contributed by atoms with Crippen LogP contribution in [0.3, 0.4) is 0 Å². The first-order chi connectivity index (χ1) is 9.52. The molecule has 1 fully saturated rings. The molecule has 1 aliphatic rings. The second-order valence-electron chi connectivity index (χ2n) is 5.74. The highest BCUT2D eigenvalue weighted by Crippen LogP contribution is 2.30. The fourth-order valence-corrected chi connectivity index (χ4v) is 2.86. The molecule has 4 heteroatoms. The van der Waals surface area contributed by atoms with Gasteiger partial charge in [-0.15, -0.1) is 0 Å². The standard InChI is InChI=1S/C16H23N3O/c1-12(20)15-5-4-13(11-17)10-16(15)19-8-6-14(7-9-19)18(2)3/h4-5,10,12,14,20H,6-9H2,1-3H3. The van der Waals surface area contributed by atoms with Crippen LogP contribution in [0.15, 0.2) is 18.2 Å². The summed E-state index contributed by atoms with van der Waals surface area (Å²) in [5.41, 5.74) is 2.57. The fraction of sp³-hybridized carbons (Fsp3) is 0.562. The summed E-state index contributed by atoms with van der Waals surface area (Å²) in [5, 5.41) is 19.0. The van der Waals surface area contributed by atoms with Crippen LogP contribution in [0.5, 0.6) is 0 Å². The summed E-state index contributed by atoms with van der Waals surface area (Å²) in [6.07, 6.45) is 1.72. The lowest BCUT2D eigenvalue weighted by Gasteiger charge is -2.37. The highest BCUT2D eigenvalue weighted by atomic mass is 16.3. The summed E-state index contributed by atoms with van der Waals surface area (Å²) >= 11 is 0. The maximum Gasteiger partial charge on any atom is 0.0992 e. The van der Waals surface area contributed by atoms with E-state index >= 15 is 0 Å². The lowest BCUT2D eigenvalue weighted by Crippen LogP contribution is -2.42. The van der Waals surface area contributed by atoms with Gasteiger partial charge in [0, 0.05) is 30.4 Å². The predicted octanol–water partition coefficient (Wildman–Crippen LogP) is 2.14. The largest absolute Gasteiger partial charge is 0.389 e. The van der Waals surface area contributed by atoms with Gasteiger partial charge in [-0.05, 0) is 46.0 Å². The molecule has 1 aromatic rings. The number of hydrogen-bond donors (Lipinski definition) is 1. The van der Waals surface area contributed by atoms with Crippen molar-refractivity contribution in [3.63, 3.8) is 0 Å². The van der Waals surface area contributed by atoms with Crippen LogP contribution >= 0.6 is 0 Å². The molecule has 2 rings (SSSR count). The van der Waals surface area contributed by atoms with Crippen molar-refractivity contribution in [2.24, 2.45) is 0 Å². The zero-order chi connectivity index (χ0) is 14.7. The lowest BCUT2D eigenvalue weighted by atomic mass is 9.99. The molecule has 0 aromatic heterocycles. The first-order valence-corrected chi connectivity index (χ1v) is 7.16. The molecule has 0 spiro atoms. The van der Waals surface area contributed by atoms with Gasteiger partial charge >= 0.3 is 0 Å². The zero-order valence-electron chi connectivity index (χ0n) is 12.5. The Kier molecular flexibility index (Phi) is 4.64. The number of piperidine rings is 1. The Morgan fingerprint density at radius 1 is 1.35 bits per heavy atom. The number of hydrogen-bond acceptors (Lipinski definition) is 4. The third-order valence-corrected chi connectivity index (χ3v) is 4.15. The second kappa shape index (κ2) is 6.25. The van der Waals surface area contributed by atoms with Crippen molar-refractivity contribution in [1.29, 1.82) is 5.26 Å². The molecular weight excluding hydrogens is 250 g/mol. The van der Waals surface area contributed by atoms with E-state index in [0.29, 0.717) is 11.6 Å². The maximum atomic E-state index is 9.92. The highest BCUT2D eigenvalue weighted by Gasteiger charge is 2.23. The zero-order valence-corrected chi connectivity index (χ0v) is 12.5. The van der Waals surface area contributed by atoms with Crippen molar-refractivity contribution in [1.82, 2.24) is 4.90 Å². The van der Waals surface area contributed by atoms with E-state index in [-0.39, 0.29) is 0 Å². The predicted molar refractivity (Wildman–Crippen MR) is 80.7 cm³/mol. The Morgan fingerprint density at radius 3 is 2.50 bits per heavy atom. The molecular formula is C16H23N3O. The number of nitriles is 1. The molecule has 1 aromatic carbocycles. The van der Waals surface area contributed by atoms with Gasteiger partial charge in [0.05, 0.1) is 17.7 Å². The van der Waals surface area contributed by atoms with E-state index in [1.807, 2.05) is 12.1 Å². The maximum absolute atomic E-state index is 9.92. The van der Waals surface area contributed by atoms with Crippen molar-refractivity contribution < 1.29 is 5.11 Å². The van der Waals surface area contributed by atoms with Crippen molar-refractivity contribution in [2.45, 2.75) is 31.9 Å². The van der Waals surface area contributed by atoms with Gasteiger partial charge in [0.15, 0.2) is 0 Å². The minimum atomic E-state index is -0.510. The average Bonchev–Trinajstić information content (AvgIpc) is 2.46. The number of rotatable bonds is 3. The molecule has 1 heterocycles. The van der Waals surface area contributed by atoms with Gasteiger partial charge in [-0.25, -0.2) is 0 Å². The van der Waals surface area contributed by atoms with Crippen LogP contribution in [-0.4, -0.2) is 43.2 Å². The number of nitrogens with zero attached hydrogens (tertiary/aromatic N) is 3. The van der Waals surface area contributed by atoms with Crippen LogP contribution in [0, 0.1) is 11.3 Å². The van der Waals surface area contributed by atoms with Gasteiger partial charge in [0.1, 0.15) is 0 Å². The highest BCUT2D eigenvalue weighted by molar-refractivity contribution is 5.58. The SMILES string of the molecule is CC(O)c1ccc(C#N)cc1N1CCC(N(C)C)CC1. The van der Waals surface area contributed by atoms with Crippen LogP contribution in [0.2, 0.25) is 0 Å². The Hall–Kier alpha value is -1.57. The van der Waals surface area contributed by atoms with Gasteiger partial charge in [-0.1, -0.05) is 6.07 Å². The van der Waals surface area contributed by atoms with E-state index in [2.05, 4.69) is 30.0 Å². The Bertz CT molecular complexity index is 497. The Labute approximate surface area is 121 Å². The molecule has 0 bridgehead atoms. The monoisotopic (exact) mass is 273 g/mol. The topological polar surface area (TPSA) is 50.5 Å². The number of aliphatic hydroxyl groups excluding tert-OH is 1. The van der Waals surface area contributed by atoms with Crippen molar-refractivity contribution in [3.8, 4) is 6.07 Å². The first kappa shape index (κ1) is 14.8. The fourth-order valence-electron chi connectivity index (χ4n) is 2.86. The molecule has 20 heavy (non-hydrogen) atoms. The van der Waals surface area contributed by atoms with Crippen LogP contribution in [-0.2, 0) is 0 Å². The summed E-state index contributed by atoms with van der Waals surface area (Å²) < 4.78 is 0. The van der Waals surface area contributed by atoms with Crippen LogP contribution < -0.4 is 4.90 Å². The van der Waals surface area contributed by atoms with Gasteiger partial charge in [0.25, 0.3) is 0 Å². The van der Waals surface area contributed by atoms with Crippen LogP contribution in [0.4, 0.5) is 5.69 Å². The van der Waals surface area contributed by atoms with Gasteiger partial charge in [-0.2, -0.15) is 5.26 Å². The molecule has 1 unspecified atom stereocenters. The summed E-state index contributed by atoms with van der Waals surface area (Å²) in [4.78, 5) is 4.57. The summed E-state index contributed by atoms with van der Waals surface area (Å²) in [7, 11) is 4.25. The van der Waals surface area contributed by atoms with Gasteiger partial charge in [0.2, 0.25) is 0 Å². The van der Waals surface area contributed by atoms with E-state index in [9.17, 15) is 5.11 Å². The van der Waals surface area contributed by atoms with Crippen LogP contribution in [0.25, 0.3) is 0 Å². The third-order valence-electron chi connectivity index (χ3n) is 4.15. The lowest BCUT2D eigenvalue weighted by molar-refractivity contribution is 0.199. The molecule has 1 atom stereocenters. The summed E-state index contributed by atoms with van der Waals surface area (Å²) in [5.74, 6) is 0. The van der Waals surface area contributed by atoms with Crippen LogP contribution in [0.1, 0.15) is 37.0 Å². The van der Waals surface area contributed by atoms with Crippen molar-refractivity contribution in [3.05, 3.63) is 29.3 Å². The summed E-state index contributed by atoms with van der Waals surface area (Å²) in [6.45, 7) is 3.71. The second-order valence-corrected chi connectivity index (χ2v) is 5.74. The molecule has 0 aliphatic carbocycles. The quantitative estimate of drug-likeness (QED) is 0.916. The minimum Gasteiger partial charge on any atom is -0.389 e. The molecule has 108 valence electrons. The minimum absolute atomic E-state index is 0.510. The van der Waals surface area contributed by atoms with E-state index in [1.165, 1.54) is 0 Å². The smallest absolute Gasteiger partial charge is 0.0992 e. The van der Waals surface area contributed by atoms with E-state index in [1.54, 1.807) is 13.0 Å². The number of anilines is 1. The molecule has 4 nitrogen and oxygen atoms in total. The molecule has 1 aliphatic heterocycles. The molecule has 1 N–H and O–H groups in total. The third kappa shape index (κ3) is 3.12. The molecule has 1 saturated heterocycles. The Morgan fingerprint density at radius 2 is 2.00 bits per heavy atom.